The molecule has 0 aliphatic heterocycles. The van der Waals surface area contributed by atoms with Crippen molar-refractivity contribution >= 4 is 11.8 Å². The first-order valence-electron chi connectivity index (χ1n) is 8.96. The molecule has 0 bridgehead atoms. The molecule has 0 fully saturated rings. The fraction of sp³-hybridized carbons (Fsp3) is 0.333. The zero-order valence-electron chi connectivity index (χ0n) is 15.6. The lowest BCUT2D eigenvalue weighted by atomic mass is 10.1. The average Bonchev–Trinajstić information content (AvgIpc) is 3.03. The van der Waals surface area contributed by atoms with Crippen molar-refractivity contribution in [1.29, 1.82) is 0 Å². The summed E-state index contributed by atoms with van der Waals surface area (Å²) in [7, 11) is 0. The van der Waals surface area contributed by atoms with Crippen LogP contribution in [0.3, 0.4) is 0 Å². The molecule has 0 saturated heterocycles. The van der Waals surface area contributed by atoms with Gasteiger partial charge in [-0.3, -0.25) is 0 Å². The topological polar surface area (TPSA) is 39.9 Å². The molecule has 0 N–H and O–H groups in total. The Morgan fingerprint density at radius 2 is 1.85 bits per heavy atom. The predicted octanol–water partition coefficient (Wildman–Crippen LogP) is 4.68. The fourth-order valence-corrected chi connectivity index (χ4v) is 3.64. The van der Waals surface area contributed by atoms with Crippen LogP contribution in [0.4, 0.5) is 0 Å². The molecule has 0 atom stereocenters. The monoisotopic (exact) mass is 367 g/mol. The minimum Gasteiger partial charge on any atom is -0.492 e. The van der Waals surface area contributed by atoms with Gasteiger partial charge in [-0.05, 0) is 43.5 Å². The van der Waals surface area contributed by atoms with E-state index in [0.717, 1.165) is 35.4 Å². The second kappa shape index (κ2) is 8.90. The summed E-state index contributed by atoms with van der Waals surface area (Å²) in [4.78, 5) is 0. The molecule has 3 rings (SSSR count). The van der Waals surface area contributed by atoms with E-state index >= 15 is 0 Å². The highest BCUT2D eigenvalue weighted by Gasteiger charge is 2.12. The molecule has 0 aliphatic rings. The normalized spacial score (nSPS) is 10.9. The largest absolute Gasteiger partial charge is 0.492 e. The van der Waals surface area contributed by atoms with Crippen molar-refractivity contribution < 1.29 is 4.74 Å². The first-order valence-corrected chi connectivity index (χ1v) is 9.94. The molecular weight excluding hydrogens is 342 g/mol. The number of rotatable bonds is 8. The Bertz CT molecular complexity index is 846. The summed E-state index contributed by atoms with van der Waals surface area (Å²) in [5.74, 6) is 2.82. The van der Waals surface area contributed by atoms with E-state index in [2.05, 4.69) is 78.0 Å². The van der Waals surface area contributed by atoms with E-state index in [0.29, 0.717) is 6.61 Å². The van der Waals surface area contributed by atoms with Crippen LogP contribution < -0.4 is 4.74 Å². The van der Waals surface area contributed by atoms with Crippen molar-refractivity contribution in [3.63, 3.8) is 0 Å². The van der Waals surface area contributed by atoms with Gasteiger partial charge >= 0.3 is 0 Å². The summed E-state index contributed by atoms with van der Waals surface area (Å²) >= 11 is 1.70. The Labute approximate surface area is 159 Å². The molecule has 2 aromatic carbocycles. The van der Waals surface area contributed by atoms with Crippen LogP contribution in [0.25, 0.3) is 0 Å². The van der Waals surface area contributed by atoms with Crippen LogP contribution in [-0.4, -0.2) is 27.1 Å². The first kappa shape index (κ1) is 18.5. The lowest BCUT2D eigenvalue weighted by molar-refractivity contribution is 0.341. The Morgan fingerprint density at radius 1 is 1.04 bits per heavy atom. The minimum atomic E-state index is 0.652. The number of aromatic nitrogens is 3. The summed E-state index contributed by atoms with van der Waals surface area (Å²) in [6.45, 7) is 7.81. The van der Waals surface area contributed by atoms with Gasteiger partial charge in [0.25, 0.3) is 0 Å². The van der Waals surface area contributed by atoms with Gasteiger partial charge in [0.2, 0.25) is 0 Å². The van der Waals surface area contributed by atoms with Gasteiger partial charge in [0, 0.05) is 18.7 Å². The van der Waals surface area contributed by atoms with Gasteiger partial charge in [-0.15, -0.1) is 10.2 Å². The molecule has 1 aromatic heterocycles. The molecule has 26 heavy (non-hydrogen) atoms. The van der Waals surface area contributed by atoms with Gasteiger partial charge in [0.1, 0.15) is 11.6 Å². The van der Waals surface area contributed by atoms with E-state index in [9.17, 15) is 0 Å². The Balaban J connectivity index is 1.57. The van der Waals surface area contributed by atoms with E-state index < -0.39 is 0 Å². The first-order chi connectivity index (χ1) is 12.7. The summed E-state index contributed by atoms with van der Waals surface area (Å²) < 4.78 is 8.13. The van der Waals surface area contributed by atoms with Crippen LogP contribution in [0.5, 0.6) is 5.75 Å². The van der Waals surface area contributed by atoms with E-state index in [1.54, 1.807) is 11.8 Å². The number of hydrogen-bond donors (Lipinski definition) is 0. The van der Waals surface area contributed by atoms with Gasteiger partial charge in [-0.1, -0.05) is 54.2 Å². The number of ether oxygens (including phenoxy) is 1. The van der Waals surface area contributed by atoms with E-state index in [4.69, 9.17) is 4.74 Å². The zero-order valence-corrected chi connectivity index (χ0v) is 16.4. The summed E-state index contributed by atoms with van der Waals surface area (Å²) in [6, 6.07) is 16.7. The molecule has 0 spiro atoms. The van der Waals surface area contributed by atoms with E-state index in [-0.39, 0.29) is 0 Å². The molecule has 0 saturated carbocycles. The average molecular weight is 368 g/mol. The SMILES string of the molecule is CCn1c(Cc2ccccc2)nnc1SCCOc1cc(C)ccc1C. The summed E-state index contributed by atoms with van der Waals surface area (Å²) in [5.41, 5.74) is 3.64. The smallest absolute Gasteiger partial charge is 0.191 e. The number of benzene rings is 2. The van der Waals surface area contributed by atoms with Crippen molar-refractivity contribution in [3.05, 3.63) is 71.0 Å². The number of aryl methyl sites for hydroxylation is 2. The van der Waals surface area contributed by atoms with E-state index in [1.807, 2.05) is 6.07 Å². The molecule has 0 amide bonds. The maximum Gasteiger partial charge on any atom is 0.191 e. The molecule has 0 aliphatic carbocycles. The number of thioether (sulfide) groups is 1. The Hall–Kier alpha value is -2.27. The second-order valence-electron chi connectivity index (χ2n) is 6.27. The number of nitrogens with zero attached hydrogens (tertiary/aromatic N) is 3. The lowest BCUT2D eigenvalue weighted by Gasteiger charge is -2.10. The summed E-state index contributed by atoms with van der Waals surface area (Å²) in [5, 5.41) is 9.74. The highest BCUT2D eigenvalue weighted by molar-refractivity contribution is 7.99. The quantitative estimate of drug-likeness (QED) is 0.428. The minimum absolute atomic E-state index is 0.652. The zero-order chi connectivity index (χ0) is 18.4. The highest BCUT2D eigenvalue weighted by Crippen LogP contribution is 2.21. The van der Waals surface area contributed by atoms with Crippen LogP contribution in [0.1, 0.15) is 29.4 Å². The molecule has 3 aromatic rings. The molecule has 1 heterocycles. The molecule has 0 unspecified atom stereocenters. The van der Waals surface area contributed by atoms with Gasteiger partial charge < -0.3 is 9.30 Å². The van der Waals surface area contributed by atoms with E-state index in [1.165, 1.54) is 16.7 Å². The third kappa shape index (κ3) is 4.67. The third-order valence-electron chi connectivity index (χ3n) is 4.23. The molecule has 136 valence electrons. The van der Waals surface area contributed by atoms with Gasteiger partial charge in [0.15, 0.2) is 5.16 Å². The van der Waals surface area contributed by atoms with Crippen molar-refractivity contribution in [2.75, 3.05) is 12.4 Å². The van der Waals surface area contributed by atoms with Crippen molar-refractivity contribution in [1.82, 2.24) is 14.8 Å². The Morgan fingerprint density at radius 3 is 2.62 bits per heavy atom. The summed E-state index contributed by atoms with van der Waals surface area (Å²) in [6.07, 6.45) is 0.807. The van der Waals surface area contributed by atoms with Crippen LogP contribution >= 0.6 is 11.8 Å². The van der Waals surface area contributed by atoms with Crippen LogP contribution in [0.15, 0.2) is 53.7 Å². The second-order valence-corrected chi connectivity index (χ2v) is 7.33. The van der Waals surface area contributed by atoms with Crippen LogP contribution in [0.2, 0.25) is 0 Å². The van der Waals surface area contributed by atoms with Gasteiger partial charge in [-0.25, -0.2) is 0 Å². The van der Waals surface area contributed by atoms with Crippen molar-refractivity contribution in [2.24, 2.45) is 0 Å². The molecular formula is C21H25N3OS. The molecule has 0 radical (unpaired) electrons. The maximum atomic E-state index is 5.94. The highest BCUT2D eigenvalue weighted by atomic mass is 32.2. The number of hydrogen-bond acceptors (Lipinski definition) is 4. The predicted molar refractivity (Wildman–Crippen MR) is 107 cm³/mol. The standard InChI is InChI=1S/C21H25N3OS/c1-4-24-20(15-18-8-6-5-7-9-18)22-23-21(24)26-13-12-25-19-14-16(2)10-11-17(19)3/h5-11,14H,4,12-13,15H2,1-3H3. The van der Waals surface area contributed by atoms with Gasteiger partial charge in [-0.2, -0.15) is 0 Å². The van der Waals surface area contributed by atoms with Crippen molar-refractivity contribution in [3.8, 4) is 5.75 Å². The van der Waals surface area contributed by atoms with Gasteiger partial charge in [0.05, 0.1) is 6.61 Å². The molecule has 4 nitrogen and oxygen atoms in total. The van der Waals surface area contributed by atoms with Crippen LogP contribution in [0, 0.1) is 13.8 Å². The van der Waals surface area contributed by atoms with Crippen molar-refractivity contribution in [2.45, 2.75) is 38.9 Å². The Kier molecular flexibility index (Phi) is 6.34. The van der Waals surface area contributed by atoms with Crippen LogP contribution in [-0.2, 0) is 13.0 Å². The molecule has 5 heteroatoms. The third-order valence-corrected chi connectivity index (χ3v) is 5.16. The lowest BCUT2D eigenvalue weighted by Crippen LogP contribution is -2.06. The fourth-order valence-electron chi connectivity index (χ4n) is 2.80. The maximum absolute atomic E-state index is 5.94.